The largest absolute Gasteiger partial charge is 0.395 e. The number of primary amides is 1. The summed E-state index contributed by atoms with van der Waals surface area (Å²) in [4.78, 5) is 24.4. The molecule has 18 heavy (non-hydrogen) atoms. The third kappa shape index (κ3) is 5.33. The molecular weight excluding hydrogens is 238 g/mol. The maximum Gasteiger partial charge on any atom is 0.312 e. The molecule has 7 heteroatoms. The van der Waals surface area contributed by atoms with Crippen LogP contribution in [0.25, 0.3) is 0 Å². The summed E-state index contributed by atoms with van der Waals surface area (Å²) >= 11 is 0. The molecule has 0 heterocycles. The lowest BCUT2D eigenvalue weighted by molar-refractivity contribution is -0.135. The van der Waals surface area contributed by atoms with E-state index in [-0.39, 0.29) is 38.1 Å². The van der Waals surface area contributed by atoms with Gasteiger partial charge in [-0.05, 0) is 5.92 Å². The smallest absolute Gasteiger partial charge is 0.312 e. The van der Waals surface area contributed by atoms with Crippen LogP contribution in [0.3, 0.4) is 0 Å². The number of urea groups is 1. The molecule has 0 aliphatic heterocycles. The highest BCUT2D eigenvalue weighted by Crippen LogP contribution is 2.10. The highest BCUT2D eigenvalue weighted by Gasteiger charge is 2.28. The van der Waals surface area contributed by atoms with E-state index in [0.717, 1.165) is 0 Å². The Bertz CT molecular complexity index is 267. The Morgan fingerprint density at radius 3 is 2.11 bits per heavy atom. The van der Waals surface area contributed by atoms with Crippen LogP contribution in [0, 0.1) is 5.92 Å². The summed E-state index contributed by atoms with van der Waals surface area (Å²) < 4.78 is 0. The second kappa shape index (κ2) is 8.71. The summed E-state index contributed by atoms with van der Waals surface area (Å²) in [5.41, 5.74) is 5.05. The van der Waals surface area contributed by atoms with E-state index >= 15 is 0 Å². The van der Waals surface area contributed by atoms with E-state index < -0.39 is 12.1 Å². The van der Waals surface area contributed by atoms with E-state index in [1.54, 1.807) is 0 Å². The van der Waals surface area contributed by atoms with Gasteiger partial charge in [-0.1, -0.05) is 20.3 Å². The second-order valence-corrected chi connectivity index (χ2v) is 4.14. The van der Waals surface area contributed by atoms with Crippen molar-refractivity contribution in [2.24, 2.45) is 11.7 Å². The lowest BCUT2D eigenvalue weighted by Gasteiger charge is -2.29. The van der Waals surface area contributed by atoms with Gasteiger partial charge in [-0.3, -0.25) is 4.79 Å². The van der Waals surface area contributed by atoms with E-state index in [1.807, 2.05) is 13.8 Å². The van der Waals surface area contributed by atoms with Crippen LogP contribution in [0.5, 0.6) is 0 Å². The summed E-state index contributed by atoms with van der Waals surface area (Å²) in [6.45, 7) is 3.56. The molecule has 5 N–H and O–H groups in total. The molecule has 0 saturated carbocycles. The number of carbonyl (C=O) groups is 2. The van der Waals surface area contributed by atoms with Crippen LogP contribution in [-0.2, 0) is 4.79 Å². The average molecular weight is 261 g/mol. The predicted octanol–water partition coefficient (Wildman–Crippen LogP) is -1.12. The third-order valence-electron chi connectivity index (χ3n) is 2.83. The topological polar surface area (TPSA) is 116 Å². The van der Waals surface area contributed by atoms with Gasteiger partial charge in [0.2, 0.25) is 5.91 Å². The number of rotatable bonds is 8. The number of nitrogens with zero attached hydrogens (tertiary/aromatic N) is 1. The van der Waals surface area contributed by atoms with Crippen molar-refractivity contribution < 1.29 is 19.8 Å². The molecule has 0 bridgehead atoms. The fourth-order valence-electron chi connectivity index (χ4n) is 1.61. The van der Waals surface area contributed by atoms with Gasteiger partial charge in [-0.2, -0.15) is 0 Å². The fourth-order valence-corrected chi connectivity index (χ4v) is 1.61. The predicted molar refractivity (Wildman–Crippen MR) is 66.7 cm³/mol. The molecule has 0 aliphatic rings. The standard InChI is InChI=1S/C11H23N3O4/c1-3-8(2)9(13-11(12)18)10(17)14(4-6-15)5-7-16/h8-9,15-16H,3-7H2,1-2H3,(H3,12,13,18). The number of nitrogens with two attached hydrogens (primary N) is 1. The highest BCUT2D eigenvalue weighted by molar-refractivity contribution is 5.86. The number of aliphatic hydroxyl groups excluding tert-OH is 2. The molecule has 2 unspecified atom stereocenters. The van der Waals surface area contributed by atoms with Gasteiger partial charge < -0.3 is 26.2 Å². The number of nitrogens with one attached hydrogen (secondary N) is 1. The Kier molecular flexibility index (Phi) is 8.06. The minimum atomic E-state index is -0.762. The molecule has 106 valence electrons. The summed E-state index contributed by atoms with van der Waals surface area (Å²) in [5, 5.41) is 20.2. The SMILES string of the molecule is CCC(C)C(NC(N)=O)C(=O)N(CCO)CCO. The van der Waals surface area contributed by atoms with Crippen LogP contribution in [0.15, 0.2) is 0 Å². The van der Waals surface area contributed by atoms with Crippen molar-refractivity contribution in [2.45, 2.75) is 26.3 Å². The zero-order valence-corrected chi connectivity index (χ0v) is 10.9. The molecule has 2 atom stereocenters. The van der Waals surface area contributed by atoms with Gasteiger partial charge in [0.15, 0.2) is 0 Å². The van der Waals surface area contributed by atoms with Crippen LogP contribution in [-0.4, -0.2) is 59.4 Å². The van der Waals surface area contributed by atoms with Gasteiger partial charge in [-0.25, -0.2) is 4.79 Å². The lowest BCUT2D eigenvalue weighted by atomic mass is 9.98. The zero-order chi connectivity index (χ0) is 14.1. The first-order chi connectivity index (χ1) is 8.47. The van der Waals surface area contributed by atoms with Crippen molar-refractivity contribution in [3.63, 3.8) is 0 Å². The van der Waals surface area contributed by atoms with E-state index in [1.165, 1.54) is 4.90 Å². The maximum atomic E-state index is 12.2. The zero-order valence-electron chi connectivity index (χ0n) is 10.9. The molecule has 0 radical (unpaired) electrons. The Morgan fingerprint density at radius 2 is 1.78 bits per heavy atom. The average Bonchev–Trinajstić information content (AvgIpc) is 2.33. The quantitative estimate of drug-likeness (QED) is 0.443. The normalized spacial score (nSPS) is 13.8. The Hall–Kier alpha value is -1.34. The first-order valence-electron chi connectivity index (χ1n) is 6.04. The molecule has 0 saturated heterocycles. The van der Waals surface area contributed by atoms with E-state index in [0.29, 0.717) is 6.42 Å². The van der Waals surface area contributed by atoms with Crippen LogP contribution in [0.1, 0.15) is 20.3 Å². The maximum absolute atomic E-state index is 12.2. The van der Waals surface area contributed by atoms with E-state index in [9.17, 15) is 9.59 Å². The van der Waals surface area contributed by atoms with Crippen molar-refractivity contribution in [1.82, 2.24) is 10.2 Å². The van der Waals surface area contributed by atoms with Crippen molar-refractivity contribution in [2.75, 3.05) is 26.3 Å². The molecule has 0 spiro atoms. The van der Waals surface area contributed by atoms with Crippen LogP contribution in [0.4, 0.5) is 4.79 Å². The monoisotopic (exact) mass is 261 g/mol. The lowest BCUT2D eigenvalue weighted by Crippen LogP contribution is -2.54. The highest BCUT2D eigenvalue weighted by atomic mass is 16.3. The summed E-state index contributed by atoms with van der Waals surface area (Å²) in [7, 11) is 0. The number of hydrogen-bond acceptors (Lipinski definition) is 4. The fraction of sp³-hybridized carbons (Fsp3) is 0.818. The molecule has 0 aliphatic carbocycles. The molecular formula is C11H23N3O4. The van der Waals surface area contributed by atoms with Crippen LogP contribution >= 0.6 is 0 Å². The molecule has 7 nitrogen and oxygen atoms in total. The Morgan fingerprint density at radius 1 is 1.28 bits per heavy atom. The first-order valence-corrected chi connectivity index (χ1v) is 6.04. The number of carbonyl (C=O) groups excluding carboxylic acids is 2. The van der Waals surface area contributed by atoms with Crippen molar-refractivity contribution in [3.05, 3.63) is 0 Å². The van der Waals surface area contributed by atoms with Crippen molar-refractivity contribution in [1.29, 1.82) is 0 Å². The second-order valence-electron chi connectivity index (χ2n) is 4.14. The number of aliphatic hydroxyl groups is 2. The Balaban J connectivity index is 4.83. The number of hydrogen-bond donors (Lipinski definition) is 4. The van der Waals surface area contributed by atoms with Gasteiger partial charge >= 0.3 is 6.03 Å². The van der Waals surface area contributed by atoms with Crippen molar-refractivity contribution in [3.8, 4) is 0 Å². The molecule has 0 aromatic heterocycles. The van der Waals surface area contributed by atoms with E-state index in [4.69, 9.17) is 15.9 Å². The minimum absolute atomic E-state index is 0.0788. The minimum Gasteiger partial charge on any atom is -0.395 e. The molecule has 0 aromatic carbocycles. The first kappa shape index (κ1) is 16.7. The van der Waals surface area contributed by atoms with Crippen molar-refractivity contribution >= 4 is 11.9 Å². The van der Waals surface area contributed by atoms with Gasteiger partial charge in [0.25, 0.3) is 0 Å². The van der Waals surface area contributed by atoms with Crippen LogP contribution < -0.4 is 11.1 Å². The molecule has 3 amide bonds. The van der Waals surface area contributed by atoms with Gasteiger partial charge in [0.1, 0.15) is 6.04 Å². The summed E-state index contributed by atoms with van der Waals surface area (Å²) in [6, 6.07) is -1.49. The third-order valence-corrected chi connectivity index (χ3v) is 2.83. The van der Waals surface area contributed by atoms with E-state index in [2.05, 4.69) is 5.32 Å². The van der Waals surface area contributed by atoms with Crippen LogP contribution in [0.2, 0.25) is 0 Å². The molecule has 0 fully saturated rings. The van der Waals surface area contributed by atoms with Gasteiger partial charge in [0.05, 0.1) is 13.2 Å². The molecule has 0 rings (SSSR count). The van der Waals surface area contributed by atoms with Gasteiger partial charge in [0, 0.05) is 13.1 Å². The summed E-state index contributed by atoms with van der Waals surface area (Å²) in [6.07, 6.45) is 0.697. The number of amides is 3. The molecule has 0 aromatic rings. The Labute approximate surface area is 107 Å². The summed E-state index contributed by atoms with van der Waals surface area (Å²) in [5.74, 6) is -0.420. The van der Waals surface area contributed by atoms with Gasteiger partial charge in [-0.15, -0.1) is 0 Å².